The highest BCUT2D eigenvalue weighted by molar-refractivity contribution is 5.93. The van der Waals surface area contributed by atoms with Gasteiger partial charge in [-0.05, 0) is 54.8 Å². The molecule has 27 heavy (non-hydrogen) atoms. The summed E-state index contributed by atoms with van der Waals surface area (Å²) in [6.07, 6.45) is 2.76. The van der Waals surface area contributed by atoms with Crippen molar-refractivity contribution >= 4 is 5.91 Å². The third-order valence-corrected chi connectivity index (χ3v) is 4.72. The van der Waals surface area contributed by atoms with Gasteiger partial charge in [0.05, 0.1) is 0 Å². The van der Waals surface area contributed by atoms with Crippen LogP contribution in [0.3, 0.4) is 0 Å². The van der Waals surface area contributed by atoms with E-state index in [9.17, 15) is 4.79 Å². The molecule has 2 N–H and O–H groups in total. The quantitative estimate of drug-likeness (QED) is 0.732. The zero-order valence-electron chi connectivity index (χ0n) is 15.6. The SMILES string of the molecule is NC(=O)c1ccc(-c2ccccc2)cc1.c1ccc(CN2CCCC2)cc1. The van der Waals surface area contributed by atoms with Gasteiger partial charge in [-0.3, -0.25) is 9.69 Å². The first-order chi connectivity index (χ1) is 13.2. The molecule has 0 bridgehead atoms. The lowest BCUT2D eigenvalue weighted by atomic mass is 10.0. The molecule has 0 aliphatic carbocycles. The molecule has 3 aromatic rings. The molecular formula is C24H26N2O. The number of hydrogen-bond donors (Lipinski definition) is 1. The molecule has 1 aliphatic rings. The Bertz CT molecular complexity index is 823. The zero-order chi connectivity index (χ0) is 18.9. The molecule has 3 aromatic carbocycles. The van der Waals surface area contributed by atoms with Gasteiger partial charge in [-0.1, -0.05) is 72.8 Å². The Morgan fingerprint density at radius 1 is 0.741 bits per heavy atom. The second kappa shape index (κ2) is 9.70. The summed E-state index contributed by atoms with van der Waals surface area (Å²) in [5, 5.41) is 0. The van der Waals surface area contributed by atoms with Crippen LogP contribution < -0.4 is 5.73 Å². The van der Waals surface area contributed by atoms with Gasteiger partial charge < -0.3 is 5.73 Å². The number of nitrogens with two attached hydrogens (primary N) is 1. The van der Waals surface area contributed by atoms with Crippen molar-refractivity contribution in [1.82, 2.24) is 4.90 Å². The lowest BCUT2D eigenvalue weighted by Gasteiger charge is -2.13. The average molecular weight is 358 g/mol. The minimum absolute atomic E-state index is 0.394. The van der Waals surface area contributed by atoms with Crippen molar-refractivity contribution in [2.75, 3.05) is 13.1 Å². The maximum Gasteiger partial charge on any atom is 0.248 e. The minimum Gasteiger partial charge on any atom is -0.366 e. The van der Waals surface area contributed by atoms with Crippen LogP contribution in [-0.2, 0) is 6.54 Å². The Hall–Kier alpha value is -2.91. The molecular weight excluding hydrogens is 332 g/mol. The van der Waals surface area contributed by atoms with Crippen molar-refractivity contribution in [2.24, 2.45) is 5.73 Å². The first-order valence-corrected chi connectivity index (χ1v) is 9.44. The maximum absolute atomic E-state index is 10.9. The minimum atomic E-state index is -0.394. The highest BCUT2D eigenvalue weighted by Gasteiger charge is 2.10. The molecule has 1 fully saturated rings. The number of amides is 1. The topological polar surface area (TPSA) is 46.3 Å². The van der Waals surface area contributed by atoms with Gasteiger partial charge >= 0.3 is 0 Å². The molecule has 0 saturated carbocycles. The van der Waals surface area contributed by atoms with Crippen LogP contribution in [-0.4, -0.2) is 23.9 Å². The summed E-state index contributed by atoms with van der Waals surface area (Å²) in [7, 11) is 0. The number of primary amides is 1. The second-order valence-corrected chi connectivity index (χ2v) is 6.78. The van der Waals surface area contributed by atoms with E-state index < -0.39 is 5.91 Å². The number of carbonyl (C=O) groups is 1. The Balaban J connectivity index is 0.000000159. The van der Waals surface area contributed by atoms with Crippen LogP contribution in [0.1, 0.15) is 28.8 Å². The van der Waals surface area contributed by atoms with E-state index in [1.54, 1.807) is 12.1 Å². The number of likely N-dealkylation sites (tertiary alicyclic amines) is 1. The third kappa shape index (κ3) is 5.80. The molecule has 4 rings (SSSR count). The van der Waals surface area contributed by atoms with Gasteiger partial charge in [-0.25, -0.2) is 0 Å². The predicted molar refractivity (Wildman–Crippen MR) is 111 cm³/mol. The Morgan fingerprint density at radius 2 is 1.26 bits per heavy atom. The van der Waals surface area contributed by atoms with E-state index in [0.717, 1.165) is 17.7 Å². The highest BCUT2D eigenvalue weighted by atomic mass is 16.1. The van der Waals surface area contributed by atoms with Crippen LogP contribution in [0.15, 0.2) is 84.9 Å². The largest absolute Gasteiger partial charge is 0.366 e. The number of hydrogen-bond acceptors (Lipinski definition) is 2. The molecule has 0 spiro atoms. The molecule has 0 unspecified atom stereocenters. The predicted octanol–water partition coefficient (Wildman–Crippen LogP) is 4.73. The van der Waals surface area contributed by atoms with Gasteiger partial charge in [0.2, 0.25) is 5.91 Å². The number of carbonyl (C=O) groups excluding carboxylic acids is 1. The fourth-order valence-corrected chi connectivity index (χ4v) is 3.24. The Morgan fingerprint density at radius 3 is 1.81 bits per heavy atom. The van der Waals surface area contributed by atoms with Crippen molar-refractivity contribution in [3.8, 4) is 11.1 Å². The molecule has 1 amide bonds. The third-order valence-electron chi connectivity index (χ3n) is 4.72. The summed E-state index contributed by atoms with van der Waals surface area (Å²) in [4.78, 5) is 13.4. The average Bonchev–Trinajstić information content (AvgIpc) is 3.23. The summed E-state index contributed by atoms with van der Waals surface area (Å²) in [6, 6.07) is 28.0. The summed E-state index contributed by atoms with van der Waals surface area (Å²) in [5.41, 5.74) is 9.36. The number of nitrogens with zero attached hydrogens (tertiary/aromatic N) is 1. The van der Waals surface area contributed by atoms with Crippen molar-refractivity contribution in [2.45, 2.75) is 19.4 Å². The van der Waals surface area contributed by atoms with E-state index >= 15 is 0 Å². The van der Waals surface area contributed by atoms with Crippen LogP contribution in [0.4, 0.5) is 0 Å². The van der Waals surface area contributed by atoms with E-state index in [-0.39, 0.29) is 0 Å². The molecule has 0 radical (unpaired) electrons. The van der Waals surface area contributed by atoms with E-state index in [2.05, 4.69) is 35.2 Å². The number of rotatable bonds is 4. The lowest BCUT2D eigenvalue weighted by molar-refractivity contribution is 0.100. The highest BCUT2D eigenvalue weighted by Crippen LogP contribution is 2.18. The molecule has 138 valence electrons. The van der Waals surface area contributed by atoms with Gasteiger partial charge in [0.15, 0.2) is 0 Å². The first-order valence-electron chi connectivity index (χ1n) is 9.44. The van der Waals surface area contributed by atoms with Gasteiger partial charge in [0.1, 0.15) is 0 Å². The van der Waals surface area contributed by atoms with Gasteiger partial charge in [-0.15, -0.1) is 0 Å². The van der Waals surface area contributed by atoms with Gasteiger partial charge in [0.25, 0.3) is 0 Å². The van der Waals surface area contributed by atoms with Crippen molar-refractivity contribution in [3.63, 3.8) is 0 Å². The summed E-state index contributed by atoms with van der Waals surface area (Å²) >= 11 is 0. The van der Waals surface area contributed by atoms with E-state index in [0.29, 0.717) is 5.56 Å². The summed E-state index contributed by atoms with van der Waals surface area (Å²) in [6.45, 7) is 3.71. The van der Waals surface area contributed by atoms with Crippen molar-refractivity contribution < 1.29 is 4.79 Å². The molecule has 1 saturated heterocycles. The molecule has 3 heteroatoms. The first kappa shape index (κ1) is 18.9. The Kier molecular flexibility index (Phi) is 6.78. The fourth-order valence-electron chi connectivity index (χ4n) is 3.24. The number of benzene rings is 3. The molecule has 1 heterocycles. The van der Waals surface area contributed by atoms with Crippen LogP contribution in [0, 0.1) is 0 Å². The smallest absolute Gasteiger partial charge is 0.248 e. The van der Waals surface area contributed by atoms with Gasteiger partial charge in [0, 0.05) is 12.1 Å². The summed E-state index contributed by atoms with van der Waals surface area (Å²) in [5.74, 6) is -0.394. The molecule has 0 atom stereocenters. The monoisotopic (exact) mass is 358 g/mol. The molecule has 3 nitrogen and oxygen atoms in total. The van der Waals surface area contributed by atoms with Crippen LogP contribution in [0.25, 0.3) is 11.1 Å². The second-order valence-electron chi connectivity index (χ2n) is 6.78. The van der Waals surface area contributed by atoms with Crippen molar-refractivity contribution in [1.29, 1.82) is 0 Å². The fraction of sp³-hybridized carbons (Fsp3) is 0.208. The van der Waals surface area contributed by atoms with Crippen LogP contribution in [0.5, 0.6) is 0 Å². The van der Waals surface area contributed by atoms with E-state index in [4.69, 9.17) is 5.73 Å². The lowest BCUT2D eigenvalue weighted by Crippen LogP contribution is -2.18. The van der Waals surface area contributed by atoms with Crippen molar-refractivity contribution in [3.05, 3.63) is 96.1 Å². The van der Waals surface area contributed by atoms with E-state index in [1.807, 2.05) is 42.5 Å². The standard InChI is InChI=1S/C13H11NO.C11H15N/c14-13(15)12-8-6-11(7-9-12)10-4-2-1-3-5-10;1-2-6-11(7-3-1)10-12-8-4-5-9-12/h1-9H,(H2,14,15);1-3,6-7H,4-5,8-10H2. The summed E-state index contributed by atoms with van der Waals surface area (Å²) < 4.78 is 0. The van der Waals surface area contributed by atoms with E-state index in [1.165, 1.54) is 31.5 Å². The Labute approximate surface area is 161 Å². The normalized spacial score (nSPS) is 13.6. The van der Waals surface area contributed by atoms with Crippen LogP contribution >= 0.6 is 0 Å². The molecule has 1 aliphatic heterocycles. The molecule has 0 aromatic heterocycles. The van der Waals surface area contributed by atoms with Gasteiger partial charge in [-0.2, -0.15) is 0 Å². The maximum atomic E-state index is 10.9. The zero-order valence-corrected chi connectivity index (χ0v) is 15.6. The van der Waals surface area contributed by atoms with Crippen LogP contribution in [0.2, 0.25) is 0 Å².